The number of para-hydroxylation sites is 2. The van der Waals surface area contributed by atoms with E-state index in [-0.39, 0.29) is 16.4 Å². The molecule has 192 valence electrons. The average molecular weight is 491 g/mol. The van der Waals surface area contributed by atoms with Gasteiger partial charge in [-0.2, -0.15) is 5.26 Å². The van der Waals surface area contributed by atoms with Crippen molar-refractivity contribution in [1.29, 1.82) is 5.26 Å². The monoisotopic (exact) mass is 490 g/mol. The van der Waals surface area contributed by atoms with Gasteiger partial charge in [-0.05, 0) is 62.8 Å². The first-order valence-corrected chi connectivity index (χ1v) is 13.2. The molecular weight excluding hydrogens is 450 g/mol. The Morgan fingerprint density at radius 2 is 1.53 bits per heavy atom. The number of nitrogens with zero attached hydrogens (tertiary/aromatic N) is 3. The molecule has 6 heteroatoms. The van der Waals surface area contributed by atoms with Crippen LogP contribution in [0.2, 0.25) is 0 Å². The molecule has 4 rings (SSSR count). The summed E-state index contributed by atoms with van der Waals surface area (Å²) in [7, 11) is 1.79. The minimum atomic E-state index is -1.30. The molecule has 2 aliphatic rings. The number of piperidine rings is 1. The molecule has 0 radical (unpaired) electrons. The van der Waals surface area contributed by atoms with Crippen LogP contribution in [-0.2, 0) is 0 Å². The van der Waals surface area contributed by atoms with Crippen LogP contribution in [-0.4, -0.2) is 58.0 Å². The van der Waals surface area contributed by atoms with Crippen LogP contribution in [0.4, 0.5) is 11.4 Å². The van der Waals surface area contributed by atoms with Crippen molar-refractivity contribution in [3.05, 3.63) is 72.8 Å². The van der Waals surface area contributed by atoms with Crippen LogP contribution >= 0.6 is 0 Å². The molecule has 1 aliphatic carbocycles. The van der Waals surface area contributed by atoms with Crippen molar-refractivity contribution in [3.8, 4) is 6.07 Å². The second-order valence-electron chi connectivity index (χ2n) is 10.6. The maximum absolute atomic E-state index is 11.3. The van der Waals surface area contributed by atoms with Gasteiger partial charge in [-0.1, -0.05) is 55.5 Å². The zero-order chi connectivity index (χ0) is 25.9. The topological polar surface area (TPSA) is 87.7 Å². The lowest BCUT2D eigenvalue weighted by atomic mass is 9.66. The highest BCUT2D eigenvalue weighted by Crippen LogP contribution is 2.48. The molecule has 0 saturated carbocycles. The van der Waals surface area contributed by atoms with Gasteiger partial charge < -0.3 is 20.2 Å². The summed E-state index contributed by atoms with van der Waals surface area (Å²) < 4.78 is -0.0437. The number of hydrogen-bond acceptors (Lipinski definition) is 5. The second kappa shape index (κ2) is 10.7. The molecule has 6 nitrogen and oxygen atoms in total. The fourth-order valence-corrected chi connectivity index (χ4v) is 6.34. The molecule has 1 heterocycles. The standard InChI is InChI=1S/C30H40N3O3/c1-4-30(21-31)27(34)26(28(35)33(3,5-2)29(30)36)20-22-16-18-25(19-17-22)32(23-12-8-6-9-13-23)24-14-10-7-11-15-24/h6-16,18,22,25-29,34-36H,4-5,17,19-20H2,1-3H3/q+1. The van der Waals surface area contributed by atoms with Crippen LogP contribution in [0.1, 0.15) is 39.5 Å². The fraction of sp³-hybridized carbons (Fsp3) is 0.500. The Bertz CT molecular complexity index is 1030. The van der Waals surface area contributed by atoms with Crippen LogP contribution in [0.25, 0.3) is 0 Å². The first-order chi connectivity index (χ1) is 17.3. The van der Waals surface area contributed by atoms with Gasteiger partial charge in [-0.3, -0.25) is 4.48 Å². The van der Waals surface area contributed by atoms with E-state index in [1.165, 1.54) is 0 Å². The van der Waals surface area contributed by atoms with Gasteiger partial charge in [0.2, 0.25) is 6.23 Å². The lowest BCUT2D eigenvalue weighted by Gasteiger charge is -2.56. The number of rotatable bonds is 7. The third-order valence-corrected chi connectivity index (χ3v) is 8.83. The quantitative estimate of drug-likeness (QED) is 0.391. The number of aliphatic hydroxyl groups excluding tert-OH is 3. The van der Waals surface area contributed by atoms with Gasteiger partial charge in [0.15, 0.2) is 11.6 Å². The lowest BCUT2D eigenvalue weighted by Crippen LogP contribution is -2.74. The van der Waals surface area contributed by atoms with Crippen molar-refractivity contribution >= 4 is 11.4 Å². The van der Waals surface area contributed by atoms with Gasteiger partial charge in [0.25, 0.3) is 0 Å². The van der Waals surface area contributed by atoms with Crippen molar-refractivity contribution in [1.82, 2.24) is 0 Å². The Morgan fingerprint density at radius 3 is 1.97 bits per heavy atom. The number of nitriles is 1. The van der Waals surface area contributed by atoms with Crippen molar-refractivity contribution in [2.45, 2.75) is 64.1 Å². The zero-order valence-electron chi connectivity index (χ0n) is 21.6. The summed E-state index contributed by atoms with van der Waals surface area (Å²) in [5.74, 6) is -0.318. The van der Waals surface area contributed by atoms with E-state index in [4.69, 9.17) is 0 Å². The molecule has 2 aromatic rings. The summed E-state index contributed by atoms with van der Waals surface area (Å²) in [6.07, 6.45) is 4.04. The largest absolute Gasteiger partial charge is 0.390 e. The maximum atomic E-state index is 11.3. The Hall–Kier alpha value is -2.69. The summed E-state index contributed by atoms with van der Waals surface area (Å²) in [5, 5.41) is 43.8. The van der Waals surface area contributed by atoms with Crippen LogP contribution in [0.15, 0.2) is 72.8 Å². The first-order valence-electron chi connectivity index (χ1n) is 13.2. The van der Waals surface area contributed by atoms with Gasteiger partial charge in [-0.15, -0.1) is 0 Å². The highest BCUT2D eigenvalue weighted by Gasteiger charge is 2.64. The lowest BCUT2D eigenvalue weighted by molar-refractivity contribution is -1.01. The van der Waals surface area contributed by atoms with Crippen LogP contribution in [0.3, 0.4) is 0 Å². The highest BCUT2D eigenvalue weighted by atomic mass is 16.4. The number of benzene rings is 2. The third kappa shape index (κ3) is 4.46. The van der Waals surface area contributed by atoms with Gasteiger partial charge in [-0.25, -0.2) is 0 Å². The number of quaternary nitrogens is 1. The predicted octanol–water partition coefficient (Wildman–Crippen LogP) is 4.56. The van der Waals surface area contributed by atoms with E-state index in [0.29, 0.717) is 19.4 Å². The van der Waals surface area contributed by atoms with Gasteiger partial charge in [0, 0.05) is 11.4 Å². The molecule has 0 amide bonds. The number of anilines is 2. The fourth-order valence-electron chi connectivity index (χ4n) is 6.34. The SMILES string of the molecule is CCC1(C#N)C(O)C(CC2C=CC(N(c3ccccc3)c3ccccc3)CC2)C(O)[N+](C)(CC)C1O. The normalized spacial score (nSPS) is 36.2. The Balaban J connectivity index is 1.57. The summed E-state index contributed by atoms with van der Waals surface area (Å²) in [6.45, 7) is 4.21. The number of aliphatic hydroxyl groups is 3. The molecule has 8 unspecified atom stereocenters. The van der Waals surface area contributed by atoms with Crippen molar-refractivity contribution in [2.24, 2.45) is 17.3 Å². The number of likely N-dealkylation sites (tertiary alicyclic amines) is 1. The Labute approximate surface area is 215 Å². The first kappa shape index (κ1) is 26.4. The van der Waals surface area contributed by atoms with E-state index in [1.54, 1.807) is 7.05 Å². The second-order valence-corrected chi connectivity index (χ2v) is 10.6. The van der Waals surface area contributed by atoms with E-state index >= 15 is 0 Å². The summed E-state index contributed by atoms with van der Waals surface area (Å²) in [5.41, 5.74) is 0.982. The molecule has 1 aliphatic heterocycles. The number of allylic oxidation sites excluding steroid dienone is 1. The minimum absolute atomic E-state index is 0.0437. The van der Waals surface area contributed by atoms with Gasteiger partial charge in [0.05, 0.1) is 37.7 Å². The summed E-state index contributed by atoms with van der Waals surface area (Å²) in [4.78, 5) is 2.36. The third-order valence-electron chi connectivity index (χ3n) is 8.83. The molecular formula is C30H40N3O3+. The predicted molar refractivity (Wildman–Crippen MR) is 142 cm³/mol. The molecule has 0 aromatic heterocycles. The van der Waals surface area contributed by atoms with Crippen LogP contribution in [0, 0.1) is 28.6 Å². The van der Waals surface area contributed by atoms with Gasteiger partial charge in [0.1, 0.15) is 0 Å². The summed E-state index contributed by atoms with van der Waals surface area (Å²) >= 11 is 0. The molecule has 1 fully saturated rings. The smallest absolute Gasteiger partial charge is 0.214 e. The molecule has 1 saturated heterocycles. The van der Waals surface area contributed by atoms with E-state index in [2.05, 4.69) is 71.7 Å². The van der Waals surface area contributed by atoms with Crippen LogP contribution < -0.4 is 4.90 Å². The van der Waals surface area contributed by atoms with E-state index in [1.807, 2.05) is 26.0 Å². The van der Waals surface area contributed by atoms with E-state index < -0.39 is 29.9 Å². The molecule has 0 spiro atoms. The molecule has 3 N–H and O–H groups in total. The zero-order valence-corrected chi connectivity index (χ0v) is 21.6. The van der Waals surface area contributed by atoms with Gasteiger partial charge >= 0.3 is 0 Å². The van der Waals surface area contributed by atoms with E-state index in [9.17, 15) is 20.6 Å². The molecule has 0 bridgehead atoms. The van der Waals surface area contributed by atoms with E-state index in [0.717, 1.165) is 24.2 Å². The maximum Gasteiger partial charge on any atom is 0.214 e. The number of hydrogen-bond donors (Lipinski definition) is 3. The average Bonchev–Trinajstić information content (AvgIpc) is 2.93. The Morgan fingerprint density at radius 1 is 0.944 bits per heavy atom. The summed E-state index contributed by atoms with van der Waals surface area (Å²) in [6, 6.07) is 23.2. The van der Waals surface area contributed by atoms with Crippen LogP contribution in [0.5, 0.6) is 0 Å². The minimum Gasteiger partial charge on any atom is -0.390 e. The molecule has 2 aromatic carbocycles. The van der Waals surface area contributed by atoms with Crippen molar-refractivity contribution < 1.29 is 19.8 Å². The highest BCUT2D eigenvalue weighted by molar-refractivity contribution is 5.64. The van der Waals surface area contributed by atoms with Crippen molar-refractivity contribution in [3.63, 3.8) is 0 Å². The molecule has 36 heavy (non-hydrogen) atoms. The Kier molecular flexibility index (Phi) is 7.87. The molecule has 8 atom stereocenters. The van der Waals surface area contributed by atoms with Crippen molar-refractivity contribution in [2.75, 3.05) is 18.5 Å².